The van der Waals surface area contributed by atoms with Crippen molar-refractivity contribution in [3.63, 3.8) is 0 Å². The van der Waals surface area contributed by atoms with E-state index in [0.717, 1.165) is 25.2 Å². The molecule has 1 heterocycles. The van der Waals surface area contributed by atoms with Gasteiger partial charge < -0.3 is 49.6 Å². The molecule has 6 N–H and O–H groups in total. The number of rotatable bonds is 26. The molecule has 0 aliphatic carbocycles. The molecule has 0 amide bonds. The zero-order chi connectivity index (χ0) is 29.6. The number of ether oxygens (including phenoxy) is 4. The van der Waals surface area contributed by atoms with Crippen LogP contribution in [-0.2, 0) is 18.9 Å². The molecule has 0 radical (unpaired) electrons. The minimum absolute atomic E-state index is 0.237. The zero-order valence-corrected chi connectivity index (χ0v) is 25.1. The third-order valence-electron chi connectivity index (χ3n) is 7.39. The van der Waals surface area contributed by atoms with Crippen molar-refractivity contribution in [1.29, 1.82) is 0 Å². The van der Waals surface area contributed by atoms with Crippen molar-refractivity contribution >= 4 is 0 Å². The third kappa shape index (κ3) is 16.9. The average molecular weight is 581 g/mol. The van der Waals surface area contributed by atoms with Gasteiger partial charge in [-0.05, 0) is 12.3 Å². The fourth-order valence-electron chi connectivity index (χ4n) is 4.90. The quantitative estimate of drug-likeness (QED) is 0.0840. The van der Waals surface area contributed by atoms with Crippen LogP contribution in [0.1, 0.15) is 104 Å². The van der Waals surface area contributed by atoms with Crippen molar-refractivity contribution in [2.24, 2.45) is 5.92 Å². The van der Waals surface area contributed by atoms with Gasteiger partial charge in [0.2, 0.25) is 0 Å². The average Bonchev–Trinajstić information content (AvgIpc) is 2.95. The minimum atomic E-state index is -1.26. The third-order valence-corrected chi connectivity index (χ3v) is 7.39. The SMILES string of the molecule is CC(C)CCCCCCCCCCCCCCCO[C@H]1C(OCC(O)CO)O[C@H](CO)[C@@H](O)[C@@H]1OCC(O)CO. The maximum absolute atomic E-state index is 10.7. The molecule has 0 bridgehead atoms. The molecule has 1 fully saturated rings. The molecule has 10 nitrogen and oxygen atoms in total. The van der Waals surface area contributed by atoms with Crippen molar-refractivity contribution in [2.45, 2.75) is 147 Å². The van der Waals surface area contributed by atoms with Gasteiger partial charge in [0.05, 0.1) is 33.0 Å². The zero-order valence-electron chi connectivity index (χ0n) is 25.1. The lowest BCUT2D eigenvalue weighted by atomic mass is 9.98. The summed E-state index contributed by atoms with van der Waals surface area (Å²) in [4.78, 5) is 0. The smallest absolute Gasteiger partial charge is 0.187 e. The Morgan fingerprint density at radius 3 is 1.57 bits per heavy atom. The Balaban J connectivity index is 2.32. The largest absolute Gasteiger partial charge is 0.394 e. The molecule has 1 aliphatic rings. The van der Waals surface area contributed by atoms with Crippen LogP contribution in [0.5, 0.6) is 0 Å². The summed E-state index contributed by atoms with van der Waals surface area (Å²) in [6.45, 7) is 2.97. The molecule has 1 aliphatic heterocycles. The van der Waals surface area contributed by atoms with Gasteiger partial charge in [0.25, 0.3) is 0 Å². The van der Waals surface area contributed by atoms with Crippen molar-refractivity contribution in [1.82, 2.24) is 0 Å². The predicted octanol–water partition coefficient (Wildman–Crippen LogP) is 2.68. The molecule has 1 saturated heterocycles. The van der Waals surface area contributed by atoms with Crippen LogP contribution in [0.2, 0.25) is 0 Å². The molecule has 0 aromatic rings. The minimum Gasteiger partial charge on any atom is -0.394 e. The first-order valence-electron chi connectivity index (χ1n) is 15.7. The van der Waals surface area contributed by atoms with E-state index in [1.165, 1.54) is 70.6 Å². The molecule has 7 atom stereocenters. The lowest BCUT2D eigenvalue weighted by Gasteiger charge is -2.44. The van der Waals surface area contributed by atoms with Crippen molar-refractivity contribution in [2.75, 3.05) is 39.6 Å². The molecular formula is C30H60O10. The van der Waals surface area contributed by atoms with Crippen LogP contribution in [0.15, 0.2) is 0 Å². The van der Waals surface area contributed by atoms with Crippen LogP contribution < -0.4 is 0 Å². The number of aliphatic hydroxyl groups excluding tert-OH is 6. The second-order valence-electron chi connectivity index (χ2n) is 11.6. The van der Waals surface area contributed by atoms with Crippen molar-refractivity contribution < 1.29 is 49.6 Å². The van der Waals surface area contributed by atoms with E-state index in [-0.39, 0.29) is 13.2 Å². The first-order valence-corrected chi connectivity index (χ1v) is 15.7. The molecule has 10 heteroatoms. The number of hydrogen-bond donors (Lipinski definition) is 6. The van der Waals surface area contributed by atoms with Gasteiger partial charge in [-0.2, -0.15) is 0 Å². The van der Waals surface area contributed by atoms with Crippen LogP contribution in [0.4, 0.5) is 0 Å². The fourth-order valence-corrected chi connectivity index (χ4v) is 4.90. The second kappa shape index (κ2) is 24.1. The molecule has 0 aromatic heterocycles. The molecule has 240 valence electrons. The molecule has 0 saturated carbocycles. The summed E-state index contributed by atoms with van der Waals surface area (Å²) in [6, 6.07) is 0. The number of hydrogen-bond acceptors (Lipinski definition) is 10. The molecular weight excluding hydrogens is 520 g/mol. The molecule has 3 unspecified atom stereocenters. The molecule has 0 spiro atoms. The van der Waals surface area contributed by atoms with Gasteiger partial charge in [0.15, 0.2) is 6.29 Å². The summed E-state index contributed by atoms with van der Waals surface area (Å²) in [6.07, 6.45) is 9.94. The lowest BCUT2D eigenvalue weighted by molar-refractivity contribution is -0.321. The van der Waals surface area contributed by atoms with Gasteiger partial charge in [0, 0.05) is 6.61 Å². The highest BCUT2D eigenvalue weighted by molar-refractivity contribution is 4.92. The maximum atomic E-state index is 10.7. The summed E-state index contributed by atoms with van der Waals surface area (Å²) in [7, 11) is 0. The van der Waals surface area contributed by atoms with E-state index in [4.69, 9.17) is 29.2 Å². The second-order valence-corrected chi connectivity index (χ2v) is 11.6. The van der Waals surface area contributed by atoms with E-state index in [1.807, 2.05) is 0 Å². The first-order chi connectivity index (χ1) is 19.3. The summed E-state index contributed by atoms with van der Waals surface area (Å²) >= 11 is 0. The highest BCUT2D eigenvalue weighted by Gasteiger charge is 2.47. The number of aliphatic hydroxyl groups is 6. The Labute approximate surface area is 242 Å². The van der Waals surface area contributed by atoms with Gasteiger partial charge in [0.1, 0.15) is 36.6 Å². The summed E-state index contributed by atoms with van der Waals surface area (Å²) < 4.78 is 23.0. The van der Waals surface area contributed by atoms with E-state index in [2.05, 4.69) is 13.8 Å². The monoisotopic (exact) mass is 580 g/mol. The molecule has 1 rings (SSSR count). The van der Waals surface area contributed by atoms with Gasteiger partial charge in [-0.3, -0.25) is 0 Å². The van der Waals surface area contributed by atoms with Crippen molar-refractivity contribution in [3.8, 4) is 0 Å². The highest BCUT2D eigenvalue weighted by Crippen LogP contribution is 2.27. The molecule has 40 heavy (non-hydrogen) atoms. The van der Waals surface area contributed by atoms with Gasteiger partial charge >= 0.3 is 0 Å². The van der Waals surface area contributed by atoms with E-state index in [1.54, 1.807) is 0 Å². The summed E-state index contributed by atoms with van der Waals surface area (Å²) in [5, 5.41) is 58.0. The highest BCUT2D eigenvalue weighted by atomic mass is 16.7. The topological polar surface area (TPSA) is 158 Å². The van der Waals surface area contributed by atoms with Crippen LogP contribution >= 0.6 is 0 Å². The van der Waals surface area contributed by atoms with Gasteiger partial charge in [-0.1, -0.05) is 97.3 Å². The van der Waals surface area contributed by atoms with E-state index in [0.29, 0.717) is 6.61 Å². The Morgan fingerprint density at radius 2 is 1.10 bits per heavy atom. The van der Waals surface area contributed by atoms with Crippen LogP contribution in [0, 0.1) is 5.92 Å². The fraction of sp³-hybridized carbons (Fsp3) is 1.00. The number of unbranched alkanes of at least 4 members (excludes halogenated alkanes) is 12. The van der Waals surface area contributed by atoms with Gasteiger partial charge in [-0.15, -0.1) is 0 Å². The van der Waals surface area contributed by atoms with Crippen LogP contribution in [0.3, 0.4) is 0 Å². The van der Waals surface area contributed by atoms with E-state index < -0.39 is 62.7 Å². The predicted molar refractivity (Wildman–Crippen MR) is 153 cm³/mol. The summed E-state index contributed by atoms with van der Waals surface area (Å²) in [5.74, 6) is 0.824. The van der Waals surface area contributed by atoms with Gasteiger partial charge in [-0.25, -0.2) is 0 Å². The Bertz CT molecular complexity index is 567. The Morgan fingerprint density at radius 1 is 0.625 bits per heavy atom. The van der Waals surface area contributed by atoms with E-state index >= 15 is 0 Å². The Kier molecular flexibility index (Phi) is 22.7. The van der Waals surface area contributed by atoms with Crippen molar-refractivity contribution in [3.05, 3.63) is 0 Å². The lowest BCUT2D eigenvalue weighted by Crippen LogP contribution is -2.61. The first kappa shape index (κ1) is 37.6. The normalized spacial score (nSPS) is 25.0. The van der Waals surface area contributed by atoms with E-state index in [9.17, 15) is 20.4 Å². The van der Waals surface area contributed by atoms with Crippen LogP contribution in [-0.4, -0.2) is 113 Å². The standard InChI is InChI=1S/C30H60O10/c1-23(2)16-14-12-10-8-6-4-3-5-7-9-11-13-15-17-37-29-28(38-21-24(34)18-31)27(36)26(20-33)40-30(29)39-22-25(35)19-32/h23-36H,3-22H2,1-2H3/t24?,25?,26-,27-,28+,29-,30?/m1/s1. The maximum Gasteiger partial charge on any atom is 0.187 e. The van der Waals surface area contributed by atoms with Crippen LogP contribution in [0.25, 0.3) is 0 Å². The Hall–Kier alpha value is -0.400. The molecule has 0 aromatic carbocycles. The summed E-state index contributed by atoms with van der Waals surface area (Å²) in [5.41, 5.74) is 0.